The molecule has 0 aromatic heterocycles. The molecule has 0 spiro atoms. The lowest BCUT2D eigenvalue weighted by atomic mass is 9.69. The van der Waals surface area contributed by atoms with E-state index in [1.807, 2.05) is 0 Å². The topological polar surface area (TPSA) is 12.0 Å². The molecule has 0 atom stereocenters. The molecule has 0 unspecified atom stereocenters. The largest absolute Gasteiger partial charge is 0.319 e. The summed E-state index contributed by atoms with van der Waals surface area (Å²) < 4.78 is 24.6. The van der Waals surface area contributed by atoms with Crippen molar-refractivity contribution in [2.24, 2.45) is 5.41 Å². The first-order valence-corrected chi connectivity index (χ1v) is 3.64. The van der Waals surface area contributed by atoms with E-state index in [4.69, 9.17) is 0 Å². The van der Waals surface area contributed by atoms with Crippen LogP contribution in [0.15, 0.2) is 0 Å². The highest BCUT2D eigenvalue weighted by molar-refractivity contribution is 4.91. The van der Waals surface area contributed by atoms with E-state index in [1.54, 1.807) is 7.05 Å². The summed E-state index contributed by atoms with van der Waals surface area (Å²) in [6, 6.07) is 0. The molecule has 3 heteroatoms. The Morgan fingerprint density at radius 2 is 2.10 bits per heavy atom. The van der Waals surface area contributed by atoms with E-state index >= 15 is 0 Å². The van der Waals surface area contributed by atoms with Crippen molar-refractivity contribution >= 4 is 0 Å². The van der Waals surface area contributed by atoms with Crippen molar-refractivity contribution in [3.8, 4) is 0 Å². The van der Waals surface area contributed by atoms with Gasteiger partial charge < -0.3 is 5.32 Å². The minimum absolute atomic E-state index is 0.463. The van der Waals surface area contributed by atoms with Crippen LogP contribution in [0.3, 0.4) is 0 Å². The predicted octanol–water partition coefficient (Wildman–Crippen LogP) is 1.64. The summed E-state index contributed by atoms with van der Waals surface area (Å²) in [6.07, 6.45) is 0.192. The number of hydrogen-bond acceptors (Lipinski definition) is 1. The van der Waals surface area contributed by atoms with Crippen LogP contribution in [-0.2, 0) is 0 Å². The SMILES string of the molecule is CNCC1(C(F)F)CCC1. The monoisotopic (exact) mass is 149 g/mol. The molecule has 0 aliphatic heterocycles. The van der Waals surface area contributed by atoms with Gasteiger partial charge in [0.15, 0.2) is 0 Å². The van der Waals surface area contributed by atoms with Gasteiger partial charge in [0.2, 0.25) is 6.43 Å². The summed E-state index contributed by atoms with van der Waals surface area (Å²) in [5.74, 6) is 0. The summed E-state index contributed by atoms with van der Waals surface area (Å²) in [5.41, 5.74) is -0.672. The van der Waals surface area contributed by atoms with Gasteiger partial charge in [-0.1, -0.05) is 6.42 Å². The van der Waals surface area contributed by atoms with Crippen molar-refractivity contribution in [1.29, 1.82) is 0 Å². The van der Waals surface area contributed by atoms with Crippen molar-refractivity contribution in [1.82, 2.24) is 5.32 Å². The molecule has 1 N–H and O–H groups in total. The maximum absolute atomic E-state index is 12.3. The van der Waals surface area contributed by atoms with E-state index in [-0.39, 0.29) is 0 Å². The number of nitrogens with one attached hydrogen (secondary N) is 1. The molecule has 0 bridgehead atoms. The Bertz CT molecular complexity index is 110. The van der Waals surface area contributed by atoms with Crippen molar-refractivity contribution in [2.45, 2.75) is 25.7 Å². The minimum atomic E-state index is -2.14. The zero-order valence-electron chi connectivity index (χ0n) is 6.16. The molecule has 1 fully saturated rings. The first-order chi connectivity index (χ1) is 4.71. The number of halogens is 2. The third-order valence-corrected chi connectivity index (χ3v) is 2.34. The van der Waals surface area contributed by atoms with Gasteiger partial charge in [-0.2, -0.15) is 0 Å². The Kier molecular flexibility index (Phi) is 2.24. The lowest BCUT2D eigenvalue weighted by molar-refractivity contribution is -0.0574. The second kappa shape index (κ2) is 2.82. The van der Waals surface area contributed by atoms with E-state index in [2.05, 4.69) is 5.32 Å². The summed E-state index contributed by atoms with van der Waals surface area (Å²) in [6.45, 7) is 0.463. The van der Waals surface area contributed by atoms with E-state index in [0.717, 1.165) is 6.42 Å². The lowest BCUT2D eigenvalue weighted by Crippen LogP contribution is -2.44. The zero-order valence-corrected chi connectivity index (χ0v) is 6.16. The van der Waals surface area contributed by atoms with Crippen LogP contribution in [0.5, 0.6) is 0 Å². The first kappa shape index (κ1) is 7.92. The average molecular weight is 149 g/mol. The van der Waals surface area contributed by atoms with Crippen molar-refractivity contribution in [2.75, 3.05) is 13.6 Å². The molecule has 0 aromatic rings. The Morgan fingerprint density at radius 1 is 1.50 bits per heavy atom. The quantitative estimate of drug-likeness (QED) is 0.643. The van der Waals surface area contributed by atoms with Gasteiger partial charge in [0.25, 0.3) is 0 Å². The second-order valence-electron chi connectivity index (χ2n) is 3.05. The molecule has 1 rings (SSSR count). The fourth-order valence-electron chi connectivity index (χ4n) is 1.46. The number of hydrogen-bond donors (Lipinski definition) is 1. The van der Waals surface area contributed by atoms with E-state index in [0.29, 0.717) is 19.4 Å². The Morgan fingerprint density at radius 3 is 2.20 bits per heavy atom. The highest BCUT2D eigenvalue weighted by Gasteiger charge is 2.44. The lowest BCUT2D eigenvalue weighted by Gasteiger charge is -2.40. The molecule has 0 radical (unpaired) electrons. The smallest absolute Gasteiger partial charge is 0.245 e. The van der Waals surface area contributed by atoms with Crippen molar-refractivity contribution in [3.63, 3.8) is 0 Å². The predicted molar refractivity (Wildman–Crippen MR) is 36.2 cm³/mol. The molecular weight excluding hydrogens is 136 g/mol. The van der Waals surface area contributed by atoms with E-state index in [1.165, 1.54) is 0 Å². The number of rotatable bonds is 3. The Labute approximate surface area is 59.8 Å². The highest BCUT2D eigenvalue weighted by atomic mass is 19.3. The molecule has 1 saturated carbocycles. The van der Waals surface area contributed by atoms with E-state index < -0.39 is 11.8 Å². The van der Waals surface area contributed by atoms with Crippen LogP contribution >= 0.6 is 0 Å². The van der Waals surface area contributed by atoms with Gasteiger partial charge >= 0.3 is 0 Å². The normalized spacial score (nSPS) is 22.8. The van der Waals surface area contributed by atoms with Crippen LogP contribution in [0.2, 0.25) is 0 Å². The highest BCUT2D eigenvalue weighted by Crippen LogP contribution is 2.45. The summed E-state index contributed by atoms with van der Waals surface area (Å²) in [4.78, 5) is 0. The van der Waals surface area contributed by atoms with Crippen molar-refractivity contribution in [3.05, 3.63) is 0 Å². The van der Waals surface area contributed by atoms with Crippen LogP contribution in [0.4, 0.5) is 8.78 Å². The van der Waals surface area contributed by atoms with Crippen LogP contribution in [-0.4, -0.2) is 20.0 Å². The Balaban J connectivity index is 2.42. The molecule has 1 aliphatic rings. The third-order valence-electron chi connectivity index (χ3n) is 2.34. The van der Waals surface area contributed by atoms with Gasteiger partial charge in [0.1, 0.15) is 0 Å². The van der Waals surface area contributed by atoms with Crippen LogP contribution in [0.1, 0.15) is 19.3 Å². The molecule has 0 saturated heterocycles. The maximum atomic E-state index is 12.3. The molecule has 1 nitrogen and oxygen atoms in total. The molecule has 0 aromatic carbocycles. The zero-order chi connectivity index (χ0) is 7.61. The van der Waals surface area contributed by atoms with Gasteiger partial charge in [0.05, 0.1) is 0 Å². The first-order valence-electron chi connectivity index (χ1n) is 3.64. The second-order valence-corrected chi connectivity index (χ2v) is 3.05. The summed E-state index contributed by atoms with van der Waals surface area (Å²) >= 11 is 0. The fourth-order valence-corrected chi connectivity index (χ4v) is 1.46. The third kappa shape index (κ3) is 1.15. The summed E-state index contributed by atoms with van der Waals surface area (Å²) in [7, 11) is 1.72. The Hall–Kier alpha value is -0.180. The maximum Gasteiger partial charge on any atom is 0.245 e. The average Bonchev–Trinajstić information content (AvgIpc) is 1.77. The molecule has 1 aliphatic carbocycles. The van der Waals surface area contributed by atoms with Crippen LogP contribution in [0, 0.1) is 5.41 Å². The van der Waals surface area contributed by atoms with Gasteiger partial charge in [-0.3, -0.25) is 0 Å². The molecule has 0 amide bonds. The van der Waals surface area contributed by atoms with Gasteiger partial charge in [0, 0.05) is 12.0 Å². The summed E-state index contributed by atoms with van der Waals surface area (Å²) in [5, 5.41) is 2.81. The van der Waals surface area contributed by atoms with Gasteiger partial charge in [-0.25, -0.2) is 8.78 Å². The molecular formula is C7H13F2N. The minimum Gasteiger partial charge on any atom is -0.319 e. The molecule has 0 heterocycles. The fraction of sp³-hybridized carbons (Fsp3) is 1.00. The van der Waals surface area contributed by atoms with Crippen LogP contribution < -0.4 is 5.32 Å². The van der Waals surface area contributed by atoms with Crippen molar-refractivity contribution < 1.29 is 8.78 Å². The van der Waals surface area contributed by atoms with Crippen LogP contribution in [0.25, 0.3) is 0 Å². The molecule has 60 valence electrons. The standard InChI is InChI=1S/C7H13F2N/c1-10-5-7(6(8)9)3-2-4-7/h6,10H,2-5H2,1H3. The molecule has 10 heavy (non-hydrogen) atoms. The van der Waals surface area contributed by atoms with E-state index in [9.17, 15) is 8.78 Å². The number of alkyl halides is 2. The van der Waals surface area contributed by atoms with Gasteiger partial charge in [-0.15, -0.1) is 0 Å². The van der Waals surface area contributed by atoms with Gasteiger partial charge in [-0.05, 0) is 19.9 Å².